The number of rotatable bonds is 15. The molecule has 2 heterocycles. The van der Waals surface area contributed by atoms with Gasteiger partial charge in [-0.25, -0.2) is 9.36 Å². The summed E-state index contributed by atoms with van der Waals surface area (Å²) in [6, 6.07) is 44.1. The average Bonchev–Trinajstić information content (AvgIpc) is 3.60. The first-order chi connectivity index (χ1) is 27.4. The molecule has 0 radical (unpaired) electrons. The van der Waals surface area contributed by atoms with Gasteiger partial charge in [-0.05, 0) is 77.2 Å². The number of aliphatic hydroxyl groups is 1. The first-order valence-electron chi connectivity index (χ1n) is 18.6. The molecule has 0 bridgehead atoms. The zero-order valence-electron chi connectivity index (χ0n) is 32.1. The molecule has 6 aromatic rings. The quantitative estimate of drug-likeness (QED) is 0.0639. The number of benzene rings is 5. The fourth-order valence-electron chi connectivity index (χ4n) is 7.03. The van der Waals surface area contributed by atoms with Crippen molar-refractivity contribution < 1.29 is 57.4 Å². The van der Waals surface area contributed by atoms with Crippen molar-refractivity contribution in [3.8, 4) is 11.5 Å². The number of nitrogens with zero attached hydrogens (tertiary/aromatic N) is 2. The van der Waals surface area contributed by atoms with E-state index < -0.39 is 17.8 Å². The van der Waals surface area contributed by atoms with Crippen LogP contribution in [0.1, 0.15) is 28.7 Å². The molecule has 7 rings (SSSR count). The number of carbonyl (C=O) groups is 1. The summed E-state index contributed by atoms with van der Waals surface area (Å²) in [5.41, 5.74) is 4.92. The lowest BCUT2D eigenvalue weighted by molar-refractivity contribution is -0.644. The van der Waals surface area contributed by atoms with Gasteiger partial charge in [0.25, 0.3) is 0 Å². The average molecular weight is 896 g/mol. The van der Waals surface area contributed by atoms with Crippen LogP contribution in [-0.4, -0.2) is 57.8 Å². The van der Waals surface area contributed by atoms with Gasteiger partial charge in [0.05, 0.1) is 49.6 Å². The Morgan fingerprint density at radius 1 is 0.825 bits per heavy atom. The molecule has 1 aliphatic rings. The molecule has 57 heavy (non-hydrogen) atoms. The molecular formula is C46H46IN3O6S. The van der Waals surface area contributed by atoms with Gasteiger partial charge in [0.15, 0.2) is 6.20 Å². The molecule has 0 aliphatic carbocycles. The van der Waals surface area contributed by atoms with Crippen molar-refractivity contribution in [2.24, 2.45) is 7.05 Å². The summed E-state index contributed by atoms with van der Waals surface area (Å²) in [5, 5.41) is 16.2. The number of halogens is 1. The van der Waals surface area contributed by atoms with Crippen molar-refractivity contribution in [1.82, 2.24) is 5.32 Å². The van der Waals surface area contributed by atoms with Gasteiger partial charge in [-0.3, -0.25) is 0 Å². The number of methoxy groups -OCH3 is 2. The highest BCUT2D eigenvalue weighted by Gasteiger charge is 2.38. The maximum absolute atomic E-state index is 12.8. The van der Waals surface area contributed by atoms with E-state index in [0.29, 0.717) is 24.5 Å². The summed E-state index contributed by atoms with van der Waals surface area (Å²) >= 11 is 1.74. The molecule has 1 atom stereocenters. The minimum absolute atomic E-state index is 0. The second-order valence-electron chi connectivity index (χ2n) is 13.4. The van der Waals surface area contributed by atoms with E-state index >= 15 is 0 Å². The number of fused-ring (bicyclic) bond motifs is 2. The van der Waals surface area contributed by atoms with Crippen molar-refractivity contribution in [3.05, 3.63) is 167 Å². The van der Waals surface area contributed by atoms with E-state index in [1.54, 1.807) is 26.0 Å². The zero-order valence-corrected chi connectivity index (χ0v) is 35.1. The molecule has 9 nitrogen and oxygen atoms in total. The summed E-state index contributed by atoms with van der Waals surface area (Å²) in [7, 11) is 5.31. The maximum atomic E-state index is 12.8. The molecule has 1 amide bonds. The first-order valence-corrected chi connectivity index (χ1v) is 19.4. The lowest BCUT2D eigenvalue weighted by atomic mass is 9.80. The number of alkyl carbamates (subject to hydrolysis) is 1. The molecule has 1 aliphatic heterocycles. The smallest absolute Gasteiger partial charge is 0.407 e. The Hall–Kier alpha value is -5.08. The van der Waals surface area contributed by atoms with E-state index in [1.807, 2.05) is 84.9 Å². The van der Waals surface area contributed by atoms with E-state index in [-0.39, 0.29) is 43.7 Å². The Bertz CT molecular complexity index is 2240. The third kappa shape index (κ3) is 9.39. The molecule has 0 saturated heterocycles. The van der Waals surface area contributed by atoms with E-state index in [0.717, 1.165) is 38.5 Å². The van der Waals surface area contributed by atoms with E-state index in [1.165, 1.54) is 10.3 Å². The van der Waals surface area contributed by atoms with Crippen LogP contribution >= 0.6 is 11.8 Å². The predicted octanol–water partition coefficient (Wildman–Crippen LogP) is 5.08. The number of thioether (sulfide) groups is 1. The molecule has 0 spiro atoms. The Morgan fingerprint density at radius 2 is 1.44 bits per heavy atom. The van der Waals surface area contributed by atoms with Crippen LogP contribution in [0.3, 0.4) is 0 Å². The van der Waals surface area contributed by atoms with Crippen molar-refractivity contribution in [2.45, 2.75) is 23.0 Å². The third-order valence-corrected chi connectivity index (χ3v) is 11.0. The summed E-state index contributed by atoms with van der Waals surface area (Å²) < 4.78 is 25.3. The SMILES string of the molecule is COc1ccc(C(OC[C@@H](O)CNC(=O)OCCCN2/C(=C/c3cc[n+](C)c4ccccc34)Sc3ccccc32)(c2ccccc2)c2ccc(OC)cc2)cc1.[I-]. The lowest BCUT2D eigenvalue weighted by Gasteiger charge is -2.36. The fourth-order valence-corrected chi connectivity index (χ4v) is 8.17. The summed E-state index contributed by atoms with van der Waals surface area (Å²) in [4.78, 5) is 16.3. The van der Waals surface area contributed by atoms with Crippen LogP contribution in [-0.2, 0) is 22.1 Å². The van der Waals surface area contributed by atoms with Gasteiger partial charge in [-0.15, -0.1) is 0 Å². The predicted molar refractivity (Wildman–Crippen MR) is 221 cm³/mol. The molecule has 11 heteroatoms. The van der Waals surface area contributed by atoms with Crippen LogP contribution in [0.15, 0.2) is 150 Å². The molecule has 5 aromatic carbocycles. The Morgan fingerprint density at radius 3 is 2.12 bits per heavy atom. The van der Waals surface area contributed by atoms with Crippen LogP contribution in [0.25, 0.3) is 17.0 Å². The van der Waals surface area contributed by atoms with Crippen molar-refractivity contribution in [1.29, 1.82) is 0 Å². The number of amides is 1. The van der Waals surface area contributed by atoms with Crippen LogP contribution in [0, 0.1) is 0 Å². The van der Waals surface area contributed by atoms with Crippen LogP contribution in [0.5, 0.6) is 11.5 Å². The number of pyridine rings is 1. The van der Waals surface area contributed by atoms with Crippen LogP contribution < -0.4 is 48.2 Å². The number of aromatic nitrogens is 1. The molecule has 0 unspecified atom stereocenters. The standard InChI is InChI=1S/C46H45N3O6S.HI/c1-48-28-26-33(40-14-7-8-15-41(40)48)30-44-49(42-16-9-10-17-43(42)56-44)27-11-29-54-45(51)47-31-37(50)32-55-46(34-12-5-4-6-13-34,35-18-22-38(52-2)23-19-35)36-20-24-39(53-3)25-21-36;/h4-10,12-26,28,30,37,50H,11,27,29,31-32H2,1-3H3;1H/t37-;/m0./s1. The van der Waals surface area contributed by atoms with Crippen molar-refractivity contribution in [2.75, 3.05) is 45.4 Å². The van der Waals surface area contributed by atoms with Gasteiger partial charge in [-0.1, -0.05) is 90.6 Å². The minimum atomic E-state index is -1.09. The number of hydrogen-bond acceptors (Lipinski definition) is 8. The number of aryl methyl sites for hydroxylation is 1. The monoisotopic (exact) mass is 895 g/mol. The molecule has 0 saturated carbocycles. The first kappa shape index (κ1) is 41.6. The zero-order chi connectivity index (χ0) is 38.9. The van der Waals surface area contributed by atoms with E-state index in [2.05, 4.69) is 82.6 Å². The Labute approximate surface area is 355 Å². The van der Waals surface area contributed by atoms with Gasteiger partial charge >= 0.3 is 6.09 Å². The Kier molecular flexibility index (Phi) is 14.1. The number of hydrogen-bond donors (Lipinski definition) is 2. The largest absolute Gasteiger partial charge is 1.00 e. The summed E-state index contributed by atoms with van der Waals surface area (Å²) in [6.07, 6.45) is 3.31. The number of carbonyl (C=O) groups excluding carboxylic acids is 1. The Balaban J connectivity index is 0.00000549. The highest BCUT2D eigenvalue weighted by atomic mass is 127. The molecule has 2 N–H and O–H groups in total. The van der Waals surface area contributed by atoms with Gasteiger partial charge in [0.2, 0.25) is 5.52 Å². The molecular weight excluding hydrogens is 849 g/mol. The molecule has 1 aromatic heterocycles. The maximum Gasteiger partial charge on any atom is 0.407 e. The third-order valence-electron chi connectivity index (χ3n) is 9.90. The highest BCUT2D eigenvalue weighted by molar-refractivity contribution is 8.03. The number of nitrogens with one attached hydrogen (secondary N) is 1. The second kappa shape index (κ2) is 19.4. The number of anilines is 1. The van der Waals surface area contributed by atoms with Gasteiger partial charge in [-0.2, -0.15) is 0 Å². The topological polar surface area (TPSA) is 93.4 Å². The van der Waals surface area contributed by atoms with E-state index in [4.69, 9.17) is 18.9 Å². The normalized spacial score (nSPS) is 13.5. The minimum Gasteiger partial charge on any atom is -1.00 e. The second-order valence-corrected chi connectivity index (χ2v) is 14.5. The van der Waals surface area contributed by atoms with E-state index in [9.17, 15) is 9.90 Å². The lowest BCUT2D eigenvalue weighted by Crippen LogP contribution is -3.00. The van der Waals surface area contributed by atoms with Gasteiger partial charge in [0.1, 0.15) is 24.1 Å². The summed E-state index contributed by atoms with van der Waals surface area (Å²) in [5.74, 6) is 1.42. The molecule has 0 fully saturated rings. The fraction of sp³-hybridized carbons (Fsp3) is 0.217. The number of ether oxygens (including phenoxy) is 4. The number of para-hydroxylation sites is 2. The van der Waals surface area contributed by atoms with Crippen LogP contribution in [0.4, 0.5) is 10.5 Å². The highest BCUT2D eigenvalue weighted by Crippen LogP contribution is 2.47. The van der Waals surface area contributed by atoms with Crippen LogP contribution in [0.2, 0.25) is 0 Å². The van der Waals surface area contributed by atoms with Gasteiger partial charge < -0.3 is 58.2 Å². The van der Waals surface area contributed by atoms with Crippen molar-refractivity contribution >= 4 is 40.5 Å². The van der Waals surface area contributed by atoms with Gasteiger partial charge in [0, 0.05) is 30.1 Å². The summed E-state index contributed by atoms with van der Waals surface area (Å²) in [6.45, 7) is 0.742. The van der Waals surface area contributed by atoms with Crippen molar-refractivity contribution in [3.63, 3.8) is 0 Å². The molecule has 294 valence electrons. The number of aliphatic hydroxyl groups excluding tert-OH is 1.